The van der Waals surface area contributed by atoms with Crippen molar-refractivity contribution >= 4 is 3.21 Å². The molecule has 0 atom stereocenters. The maximum absolute atomic E-state index is 3.67. The van der Waals surface area contributed by atoms with Gasteiger partial charge in [-0.05, 0) is 90.1 Å². The topological polar surface area (TPSA) is 0 Å². The van der Waals surface area contributed by atoms with Crippen molar-refractivity contribution < 1.29 is 49.0 Å². The first kappa shape index (κ1) is 43.7. The summed E-state index contributed by atoms with van der Waals surface area (Å²) in [4.78, 5) is 0. The predicted octanol–water partition coefficient (Wildman–Crippen LogP) is 7.24. The van der Waals surface area contributed by atoms with E-state index in [4.69, 9.17) is 0 Å². The van der Waals surface area contributed by atoms with Crippen LogP contribution in [0.25, 0.3) is 11.1 Å². The number of halogens is 2. The summed E-state index contributed by atoms with van der Waals surface area (Å²) in [5.41, 5.74) is 16.7. The molecule has 0 radical (unpaired) electrons. The van der Waals surface area contributed by atoms with Crippen molar-refractivity contribution in [1.82, 2.24) is 0 Å². The van der Waals surface area contributed by atoms with Crippen molar-refractivity contribution in [3.8, 4) is 11.1 Å². The fourth-order valence-electron chi connectivity index (χ4n) is 10.4. The fraction of sp³-hybridized carbons (Fsp3) is 0.423. The van der Waals surface area contributed by atoms with E-state index in [9.17, 15) is 0 Å². The molecular weight excluding hydrogens is 787 g/mol. The van der Waals surface area contributed by atoms with Crippen LogP contribution in [-0.2, 0) is 47.9 Å². The molecule has 5 aromatic rings. The average Bonchev–Trinajstić information content (AvgIpc) is 3.64. The summed E-state index contributed by atoms with van der Waals surface area (Å²) in [7, 11) is 0. The van der Waals surface area contributed by atoms with Crippen LogP contribution in [0.5, 0.6) is 0 Å². The molecule has 5 aromatic carbocycles. The van der Waals surface area contributed by atoms with E-state index >= 15 is 0 Å². The number of rotatable bonds is 4. The van der Waals surface area contributed by atoms with Gasteiger partial charge in [0.15, 0.2) is 0 Å². The van der Waals surface area contributed by atoms with Crippen LogP contribution in [0.1, 0.15) is 130 Å². The molecule has 5 aliphatic rings. The molecule has 4 saturated carbocycles. The second-order valence-electron chi connectivity index (χ2n) is 19.3. The average molecular weight is 847 g/mol. The van der Waals surface area contributed by atoms with Gasteiger partial charge in [0.1, 0.15) is 0 Å². The molecule has 0 unspecified atom stereocenters. The zero-order valence-electron chi connectivity index (χ0n) is 34.5. The summed E-state index contributed by atoms with van der Waals surface area (Å²) in [5.74, 6) is 3.27. The van der Waals surface area contributed by atoms with E-state index in [1.54, 1.807) is 49.7 Å². The van der Waals surface area contributed by atoms with Crippen LogP contribution in [0.2, 0.25) is 0 Å². The Balaban J connectivity index is 0.000000158. The van der Waals surface area contributed by atoms with E-state index in [1.165, 1.54) is 83.9 Å². The molecule has 5 aliphatic carbocycles. The van der Waals surface area contributed by atoms with E-state index < -0.39 is 0 Å². The molecule has 0 heterocycles. The van der Waals surface area contributed by atoms with Gasteiger partial charge in [0.25, 0.3) is 0 Å². The fourth-order valence-corrected chi connectivity index (χ4v) is 11.2. The van der Waals surface area contributed by atoms with Gasteiger partial charge in [0.2, 0.25) is 0 Å². The molecule has 0 N–H and O–H groups in total. The number of aryl methyl sites for hydroxylation is 2. The van der Waals surface area contributed by atoms with Crippen molar-refractivity contribution in [2.24, 2.45) is 23.2 Å². The maximum atomic E-state index is 3.67. The Morgan fingerprint density at radius 3 is 1.69 bits per heavy atom. The third-order valence-corrected chi connectivity index (χ3v) is 14.1. The third-order valence-electron chi connectivity index (χ3n) is 12.7. The van der Waals surface area contributed by atoms with Crippen LogP contribution in [0, 0.1) is 43.1 Å². The SMILES string of the molecule is CC(C)(C)c1[c-]c2c(cc1)-c1ccc(C(C)(C)C)cc1C2.Cc1cc(CC23CC4CC(CC(C4)C2)C3)c(C)[cH-]1.[Cl-].[Cl-].[Zr+2]=[C](c1ccccc1)c1ccccc1. The third kappa shape index (κ3) is 10.2. The molecule has 4 bridgehead atoms. The zero-order valence-corrected chi connectivity index (χ0v) is 38.4. The zero-order chi connectivity index (χ0) is 37.5. The molecule has 3 heteroatoms. The molecule has 0 aliphatic heterocycles. The Morgan fingerprint density at radius 2 is 1.22 bits per heavy atom. The number of benzene rings is 4. The molecule has 0 nitrogen and oxygen atoms in total. The van der Waals surface area contributed by atoms with Gasteiger partial charge < -0.3 is 24.8 Å². The quantitative estimate of drug-likeness (QED) is 0.164. The predicted molar refractivity (Wildman–Crippen MR) is 223 cm³/mol. The van der Waals surface area contributed by atoms with Crippen LogP contribution < -0.4 is 24.8 Å². The molecule has 10 rings (SSSR count). The van der Waals surface area contributed by atoms with Crippen LogP contribution in [0.4, 0.5) is 0 Å². The number of hydrogen-bond donors (Lipinski definition) is 0. The van der Waals surface area contributed by atoms with Crippen LogP contribution in [-0.4, -0.2) is 3.21 Å². The molecule has 4 fully saturated rings. The van der Waals surface area contributed by atoms with E-state index in [0.29, 0.717) is 5.41 Å². The molecule has 55 heavy (non-hydrogen) atoms. The second kappa shape index (κ2) is 17.6. The Kier molecular flexibility index (Phi) is 14.0. The first-order chi connectivity index (χ1) is 25.2. The Bertz CT molecular complexity index is 1920. The van der Waals surface area contributed by atoms with Gasteiger partial charge in [0.05, 0.1) is 0 Å². The van der Waals surface area contributed by atoms with E-state index in [2.05, 4.69) is 165 Å². The summed E-state index contributed by atoms with van der Waals surface area (Å²) in [6.45, 7) is 18.2. The molecule has 0 saturated heterocycles. The van der Waals surface area contributed by atoms with Crippen LogP contribution in [0.15, 0.2) is 103 Å². The van der Waals surface area contributed by atoms with E-state index in [1.807, 2.05) is 0 Å². The summed E-state index contributed by atoms with van der Waals surface area (Å²) >= 11 is 1.46. The molecular formula is C52H60Cl2Zr-2. The standard InChI is InChI=1S/C21H25.C18H25.C13H10.2ClH.Zr/c1-20(2,3)16-7-9-18-14(12-16)11-15-13-17(21(4,5)6)8-10-19(15)18;1-12-3-13(2)17(4-12)11-18-8-14-5-15(9-18)7-16(6-14)10-18;1-3-7-12(8-4-1)11-13-9-5-2-6-10-13;;;/h7-10,12H,11H2,1-6H3;3-4,14-16H,5-11H2,1-2H3;1-10H;2*1H;/q2*-1;;;;+2/p-2. The van der Waals surface area contributed by atoms with Gasteiger partial charge in [-0.1, -0.05) is 85.6 Å². The summed E-state index contributed by atoms with van der Waals surface area (Å²) in [6, 6.07) is 41.1. The van der Waals surface area contributed by atoms with E-state index in [0.717, 1.165) is 24.2 Å². The molecule has 0 amide bonds. The minimum absolute atomic E-state index is 0. The Labute approximate surface area is 360 Å². The van der Waals surface area contributed by atoms with Crippen molar-refractivity contribution in [2.45, 2.75) is 118 Å². The van der Waals surface area contributed by atoms with Gasteiger partial charge >= 0.3 is 99.2 Å². The number of fused-ring (bicyclic) bond motifs is 3. The molecule has 288 valence electrons. The Hall–Kier alpha value is -2.44. The van der Waals surface area contributed by atoms with Crippen LogP contribution in [0.3, 0.4) is 0 Å². The summed E-state index contributed by atoms with van der Waals surface area (Å²) < 4.78 is 1.42. The van der Waals surface area contributed by atoms with Crippen molar-refractivity contribution in [2.75, 3.05) is 0 Å². The minimum atomic E-state index is 0. The van der Waals surface area contributed by atoms with Crippen molar-refractivity contribution in [1.29, 1.82) is 0 Å². The van der Waals surface area contributed by atoms with Gasteiger partial charge in [-0.2, -0.15) is 46.5 Å². The second-order valence-corrected chi connectivity index (χ2v) is 20.5. The molecule has 0 aromatic heterocycles. The monoisotopic (exact) mass is 844 g/mol. The number of hydrogen-bond acceptors (Lipinski definition) is 0. The van der Waals surface area contributed by atoms with Crippen LogP contribution >= 0.6 is 0 Å². The Morgan fingerprint density at radius 1 is 0.691 bits per heavy atom. The van der Waals surface area contributed by atoms with E-state index in [-0.39, 0.29) is 35.6 Å². The molecule has 0 spiro atoms. The van der Waals surface area contributed by atoms with Gasteiger partial charge in [-0.25, -0.2) is 6.07 Å². The van der Waals surface area contributed by atoms with Gasteiger partial charge in [-0.3, -0.25) is 0 Å². The summed E-state index contributed by atoms with van der Waals surface area (Å²) in [5, 5.41) is 0. The summed E-state index contributed by atoms with van der Waals surface area (Å²) in [6.07, 6.45) is 11.7. The van der Waals surface area contributed by atoms with Gasteiger partial charge in [0, 0.05) is 0 Å². The van der Waals surface area contributed by atoms with Gasteiger partial charge in [-0.15, -0.1) is 11.1 Å². The normalized spacial score (nSPS) is 21.5. The first-order valence-corrected chi connectivity index (χ1v) is 21.5. The van der Waals surface area contributed by atoms with Crippen molar-refractivity contribution in [3.05, 3.63) is 159 Å². The first-order valence-electron chi connectivity index (χ1n) is 20.3. The van der Waals surface area contributed by atoms with Crippen molar-refractivity contribution in [3.63, 3.8) is 0 Å².